The molecule has 0 bridgehead atoms. The molecule has 0 spiro atoms. The normalized spacial score (nSPS) is 22.0. The Labute approximate surface area is 132 Å². The quantitative estimate of drug-likeness (QED) is 0.817. The van der Waals surface area contributed by atoms with Gasteiger partial charge in [0.2, 0.25) is 5.75 Å². The number of fused-ring (bicyclic) bond motifs is 1. The van der Waals surface area contributed by atoms with Gasteiger partial charge in [-0.3, -0.25) is 0 Å². The second-order valence-electron chi connectivity index (χ2n) is 6.21. The maximum Gasteiger partial charge on any atom is 0.203 e. The summed E-state index contributed by atoms with van der Waals surface area (Å²) in [6, 6.07) is 2.70. The number of benzene rings is 1. The SMILES string of the molecule is COc1cc2c(c(OC)c1OC)C[NH2+]C[C@H]2[NH+]1CCCCC1. The number of rotatable bonds is 4. The van der Waals surface area contributed by atoms with Gasteiger partial charge in [-0.2, -0.15) is 0 Å². The van der Waals surface area contributed by atoms with E-state index in [1.807, 2.05) is 0 Å². The van der Waals surface area contributed by atoms with Gasteiger partial charge in [0.25, 0.3) is 0 Å². The van der Waals surface area contributed by atoms with Crippen molar-refractivity contribution in [3.05, 3.63) is 17.2 Å². The third kappa shape index (κ3) is 2.63. The molecule has 5 nitrogen and oxygen atoms in total. The molecule has 2 heterocycles. The lowest BCUT2D eigenvalue weighted by molar-refractivity contribution is -0.952. The summed E-state index contributed by atoms with van der Waals surface area (Å²) in [6.07, 6.45) is 4.05. The third-order valence-electron chi connectivity index (χ3n) is 5.08. The van der Waals surface area contributed by atoms with Crippen molar-refractivity contribution in [1.29, 1.82) is 0 Å². The van der Waals surface area contributed by atoms with Crippen molar-refractivity contribution >= 4 is 0 Å². The first kappa shape index (κ1) is 15.4. The Morgan fingerprint density at radius 3 is 2.36 bits per heavy atom. The Morgan fingerprint density at radius 1 is 1.00 bits per heavy atom. The number of ether oxygens (including phenoxy) is 3. The van der Waals surface area contributed by atoms with Crippen LogP contribution in [0, 0.1) is 0 Å². The minimum atomic E-state index is 0.526. The van der Waals surface area contributed by atoms with E-state index in [1.54, 1.807) is 26.2 Å². The van der Waals surface area contributed by atoms with E-state index in [4.69, 9.17) is 14.2 Å². The molecule has 1 fully saturated rings. The molecule has 0 amide bonds. The molecule has 0 aliphatic carbocycles. The number of hydrogen-bond donors (Lipinski definition) is 2. The summed E-state index contributed by atoms with van der Waals surface area (Å²) in [4.78, 5) is 1.71. The van der Waals surface area contributed by atoms with Crippen molar-refractivity contribution in [2.24, 2.45) is 0 Å². The van der Waals surface area contributed by atoms with Gasteiger partial charge in [-0.25, -0.2) is 0 Å². The summed E-state index contributed by atoms with van der Waals surface area (Å²) in [5.74, 6) is 2.34. The number of methoxy groups -OCH3 is 3. The second kappa shape index (κ2) is 6.75. The molecule has 0 aromatic heterocycles. The van der Waals surface area contributed by atoms with Crippen molar-refractivity contribution in [2.75, 3.05) is 41.0 Å². The van der Waals surface area contributed by atoms with Crippen LogP contribution in [0.25, 0.3) is 0 Å². The predicted octanol–water partition coefficient (Wildman–Crippen LogP) is -0.101. The molecule has 0 unspecified atom stereocenters. The molecule has 2 aliphatic heterocycles. The molecule has 0 saturated carbocycles. The van der Waals surface area contributed by atoms with Crippen LogP contribution in [0.4, 0.5) is 0 Å². The van der Waals surface area contributed by atoms with E-state index in [2.05, 4.69) is 11.4 Å². The van der Waals surface area contributed by atoms with Gasteiger partial charge < -0.3 is 24.4 Å². The predicted molar refractivity (Wildman–Crippen MR) is 83.9 cm³/mol. The van der Waals surface area contributed by atoms with E-state index in [0.717, 1.165) is 24.6 Å². The Hall–Kier alpha value is -1.46. The maximum absolute atomic E-state index is 5.68. The van der Waals surface area contributed by atoms with Crippen LogP contribution in [0.2, 0.25) is 0 Å². The fourth-order valence-corrected chi connectivity index (χ4v) is 4.02. The number of nitrogens with two attached hydrogens (primary N) is 1. The molecule has 1 aromatic carbocycles. The highest BCUT2D eigenvalue weighted by atomic mass is 16.5. The molecule has 22 heavy (non-hydrogen) atoms. The van der Waals surface area contributed by atoms with E-state index < -0.39 is 0 Å². The van der Waals surface area contributed by atoms with E-state index in [-0.39, 0.29) is 0 Å². The average Bonchev–Trinajstić information content (AvgIpc) is 2.60. The monoisotopic (exact) mass is 308 g/mol. The number of likely N-dealkylation sites (tertiary alicyclic amines) is 1. The van der Waals surface area contributed by atoms with Crippen LogP contribution in [-0.4, -0.2) is 41.0 Å². The molecule has 2 aliphatic rings. The summed E-state index contributed by atoms with van der Waals surface area (Å²) in [5, 5.41) is 2.39. The molecule has 1 atom stereocenters. The second-order valence-corrected chi connectivity index (χ2v) is 6.21. The zero-order valence-corrected chi connectivity index (χ0v) is 13.9. The summed E-state index contributed by atoms with van der Waals surface area (Å²) < 4.78 is 16.8. The molecule has 1 aromatic rings. The minimum absolute atomic E-state index is 0.526. The molecule has 3 N–H and O–H groups in total. The van der Waals surface area contributed by atoms with Gasteiger partial charge in [0.1, 0.15) is 13.1 Å². The fourth-order valence-electron chi connectivity index (χ4n) is 4.02. The Morgan fingerprint density at radius 2 is 1.73 bits per heavy atom. The highest BCUT2D eigenvalue weighted by Gasteiger charge is 2.36. The fraction of sp³-hybridized carbons (Fsp3) is 0.647. The van der Waals surface area contributed by atoms with Crippen LogP contribution >= 0.6 is 0 Å². The molecular weight excluding hydrogens is 280 g/mol. The molecular formula is C17H28N2O3+2. The first-order valence-corrected chi connectivity index (χ1v) is 8.28. The Bertz CT molecular complexity index is 527. The summed E-state index contributed by atoms with van der Waals surface area (Å²) >= 11 is 0. The lowest BCUT2D eigenvalue weighted by atomic mass is 9.92. The molecule has 3 rings (SSSR count). The largest absolute Gasteiger partial charge is 0.493 e. The molecule has 122 valence electrons. The smallest absolute Gasteiger partial charge is 0.203 e. The number of hydrogen-bond acceptors (Lipinski definition) is 3. The standard InChI is InChI=1S/C17H26N2O3/c1-20-15-9-12-13(16(21-2)17(15)22-3)10-18-11-14(12)19-7-5-4-6-8-19/h9,14,18H,4-8,10-11H2,1-3H3/p+2/t14-/m1/s1. The van der Waals surface area contributed by atoms with Crippen LogP contribution in [0.3, 0.4) is 0 Å². The molecule has 0 radical (unpaired) electrons. The number of nitrogens with one attached hydrogen (secondary N) is 1. The van der Waals surface area contributed by atoms with E-state index in [0.29, 0.717) is 11.8 Å². The topological polar surface area (TPSA) is 48.7 Å². The number of quaternary nitrogens is 2. The van der Waals surface area contributed by atoms with Crippen LogP contribution in [0.5, 0.6) is 17.2 Å². The number of piperidine rings is 1. The summed E-state index contributed by atoms with van der Waals surface area (Å²) in [5.41, 5.74) is 2.66. The van der Waals surface area contributed by atoms with Gasteiger partial charge >= 0.3 is 0 Å². The Kier molecular flexibility index (Phi) is 4.74. The van der Waals surface area contributed by atoms with Crippen LogP contribution in [0.1, 0.15) is 36.4 Å². The van der Waals surface area contributed by atoms with Gasteiger partial charge in [-0.15, -0.1) is 0 Å². The highest BCUT2D eigenvalue weighted by Crippen LogP contribution is 2.43. The van der Waals surface area contributed by atoms with Crippen molar-refractivity contribution in [3.8, 4) is 17.2 Å². The average molecular weight is 308 g/mol. The first-order valence-electron chi connectivity index (χ1n) is 8.28. The third-order valence-corrected chi connectivity index (χ3v) is 5.08. The summed E-state index contributed by atoms with van der Waals surface area (Å²) in [6.45, 7) is 4.63. The van der Waals surface area contributed by atoms with Gasteiger partial charge in [0.15, 0.2) is 17.5 Å². The van der Waals surface area contributed by atoms with Gasteiger partial charge in [-0.1, -0.05) is 0 Å². The van der Waals surface area contributed by atoms with Crippen molar-refractivity contribution in [1.82, 2.24) is 0 Å². The van der Waals surface area contributed by atoms with E-state index >= 15 is 0 Å². The zero-order chi connectivity index (χ0) is 15.5. The van der Waals surface area contributed by atoms with Crippen molar-refractivity contribution in [3.63, 3.8) is 0 Å². The van der Waals surface area contributed by atoms with Crippen molar-refractivity contribution in [2.45, 2.75) is 31.8 Å². The van der Waals surface area contributed by atoms with Gasteiger partial charge in [-0.05, 0) is 25.3 Å². The van der Waals surface area contributed by atoms with Crippen LogP contribution in [-0.2, 0) is 6.54 Å². The lowest BCUT2D eigenvalue weighted by Crippen LogP contribution is -3.16. The lowest BCUT2D eigenvalue weighted by Gasteiger charge is -2.34. The minimum Gasteiger partial charge on any atom is -0.493 e. The first-order chi connectivity index (χ1) is 10.8. The molecule has 5 heteroatoms. The Balaban J connectivity index is 2.05. The van der Waals surface area contributed by atoms with Crippen molar-refractivity contribution < 1.29 is 24.4 Å². The zero-order valence-electron chi connectivity index (χ0n) is 13.9. The van der Waals surface area contributed by atoms with Crippen LogP contribution in [0.15, 0.2) is 6.07 Å². The van der Waals surface area contributed by atoms with Crippen LogP contribution < -0.4 is 24.4 Å². The van der Waals surface area contributed by atoms with Gasteiger partial charge in [0.05, 0.1) is 40.0 Å². The van der Waals surface area contributed by atoms with E-state index in [9.17, 15) is 0 Å². The molecule has 1 saturated heterocycles. The highest BCUT2D eigenvalue weighted by molar-refractivity contribution is 5.59. The summed E-state index contributed by atoms with van der Waals surface area (Å²) in [7, 11) is 5.09. The maximum atomic E-state index is 5.68. The van der Waals surface area contributed by atoms with Gasteiger partial charge in [0, 0.05) is 5.56 Å². The van der Waals surface area contributed by atoms with E-state index in [1.165, 1.54) is 43.5 Å².